The van der Waals surface area contributed by atoms with Crippen LogP contribution in [0.3, 0.4) is 0 Å². The predicted molar refractivity (Wildman–Crippen MR) is 88.4 cm³/mol. The third kappa shape index (κ3) is 4.07. The maximum Gasteiger partial charge on any atom is 0.230 e. The first-order chi connectivity index (χ1) is 9.99. The van der Waals surface area contributed by atoms with Crippen molar-refractivity contribution in [2.75, 3.05) is 30.9 Å². The summed E-state index contributed by atoms with van der Waals surface area (Å²) in [5.74, 6) is 1.27. The molecule has 1 N–H and O–H groups in total. The number of rotatable bonds is 5. The van der Waals surface area contributed by atoms with Crippen molar-refractivity contribution in [3.05, 3.63) is 29.3 Å². The first kappa shape index (κ1) is 15.6. The number of aromatic nitrogens is 3. The van der Waals surface area contributed by atoms with Gasteiger partial charge in [0.2, 0.25) is 11.9 Å². The summed E-state index contributed by atoms with van der Waals surface area (Å²) in [6.07, 6.45) is 0. The molecular weight excluding hydrogens is 282 g/mol. The monoisotopic (exact) mass is 303 g/mol. The van der Waals surface area contributed by atoms with Crippen molar-refractivity contribution < 1.29 is 0 Å². The zero-order valence-electron chi connectivity index (χ0n) is 13.1. The molecule has 0 spiro atoms. The maximum absolute atomic E-state index is 4.50. The standard InChI is InChI=1S/C15H21N5S/c1-6-16-13-17-14(20(4)5)19-15(18-13)21-12-8-7-10(2)9-11(12)3/h7-9H,6H2,1-5H3,(H,16,17,18,19). The summed E-state index contributed by atoms with van der Waals surface area (Å²) in [5.41, 5.74) is 2.49. The lowest BCUT2D eigenvalue weighted by Gasteiger charge is -2.13. The lowest BCUT2D eigenvalue weighted by atomic mass is 10.2. The number of nitrogens with one attached hydrogen (secondary N) is 1. The molecule has 0 aliphatic carbocycles. The topological polar surface area (TPSA) is 53.9 Å². The molecule has 2 aromatic rings. The fraction of sp³-hybridized carbons (Fsp3) is 0.400. The summed E-state index contributed by atoms with van der Waals surface area (Å²) in [5, 5.41) is 3.86. The van der Waals surface area contributed by atoms with Crippen LogP contribution in [0.2, 0.25) is 0 Å². The van der Waals surface area contributed by atoms with Crippen LogP contribution in [-0.4, -0.2) is 35.6 Å². The molecule has 1 aromatic carbocycles. The summed E-state index contributed by atoms with van der Waals surface area (Å²) in [7, 11) is 3.85. The van der Waals surface area contributed by atoms with Gasteiger partial charge in [-0.15, -0.1) is 0 Å². The van der Waals surface area contributed by atoms with E-state index in [-0.39, 0.29) is 0 Å². The first-order valence-corrected chi connectivity index (χ1v) is 7.73. The molecule has 1 aromatic heterocycles. The van der Waals surface area contributed by atoms with Crippen molar-refractivity contribution in [3.63, 3.8) is 0 Å². The van der Waals surface area contributed by atoms with Gasteiger partial charge in [0.15, 0.2) is 5.16 Å². The van der Waals surface area contributed by atoms with Crippen molar-refractivity contribution in [2.45, 2.75) is 30.8 Å². The SMILES string of the molecule is CCNc1nc(Sc2ccc(C)cc2C)nc(N(C)C)n1. The summed E-state index contributed by atoms with van der Waals surface area (Å²) in [6, 6.07) is 6.39. The van der Waals surface area contributed by atoms with Gasteiger partial charge in [-0.3, -0.25) is 0 Å². The van der Waals surface area contributed by atoms with E-state index in [2.05, 4.69) is 52.3 Å². The summed E-state index contributed by atoms with van der Waals surface area (Å²) in [4.78, 5) is 16.4. The van der Waals surface area contributed by atoms with E-state index in [1.807, 2.05) is 25.9 Å². The number of benzene rings is 1. The van der Waals surface area contributed by atoms with E-state index in [1.54, 1.807) is 11.8 Å². The molecule has 0 bridgehead atoms. The molecule has 112 valence electrons. The van der Waals surface area contributed by atoms with Crippen molar-refractivity contribution in [1.29, 1.82) is 0 Å². The number of nitrogens with zero attached hydrogens (tertiary/aromatic N) is 4. The zero-order chi connectivity index (χ0) is 15.4. The van der Waals surface area contributed by atoms with Crippen LogP contribution >= 0.6 is 11.8 Å². The number of anilines is 2. The predicted octanol–water partition coefficient (Wildman–Crippen LogP) is 3.14. The van der Waals surface area contributed by atoms with Gasteiger partial charge >= 0.3 is 0 Å². The van der Waals surface area contributed by atoms with Gasteiger partial charge < -0.3 is 10.2 Å². The van der Waals surface area contributed by atoms with E-state index in [0.717, 1.165) is 6.54 Å². The molecule has 0 atom stereocenters. The molecule has 2 rings (SSSR count). The van der Waals surface area contributed by atoms with Gasteiger partial charge in [0, 0.05) is 25.5 Å². The highest BCUT2D eigenvalue weighted by atomic mass is 32.2. The van der Waals surface area contributed by atoms with E-state index >= 15 is 0 Å². The molecule has 0 aliphatic rings. The Morgan fingerprint density at radius 2 is 1.90 bits per heavy atom. The number of aryl methyl sites for hydroxylation is 2. The van der Waals surface area contributed by atoms with Gasteiger partial charge in [-0.05, 0) is 44.2 Å². The smallest absolute Gasteiger partial charge is 0.230 e. The van der Waals surface area contributed by atoms with E-state index < -0.39 is 0 Å². The van der Waals surface area contributed by atoms with Crippen molar-refractivity contribution in [2.24, 2.45) is 0 Å². The minimum absolute atomic E-state index is 0.614. The molecule has 0 fully saturated rings. The van der Waals surface area contributed by atoms with Gasteiger partial charge in [0.25, 0.3) is 0 Å². The van der Waals surface area contributed by atoms with Gasteiger partial charge in [0.1, 0.15) is 0 Å². The van der Waals surface area contributed by atoms with Crippen LogP contribution in [0.25, 0.3) is 0 Å². The zero-order valence-corrected chi connectivity index (χ0v) is 14.0. The second-order valence-corrected chi connectivity index (χ2v) is 6.05. The van der Waals surface area contributed by atoms with E-state index in [0.29, 0.717) is 17.1 Å². The normalized spacial score (nSPS) is 10.5. The molecule has 0 aliphatic heterocycles. The average Bonchev–Trinajstić information content (AvgIpc) is 2.42. The van der Waals surface area contributed by atoms with Gasteiger partial charge in [-0.1, -0.05) is 17.7 Å². The Bertz CT molecular complexity index is 627. The summed E-state index contributed by atoms with van der Waals surface area (Å²) < 4.78 is 0. The molecule has 6 heteroatoms. The molecule has 1 heterocycles. The van der Waals surface area contributed by atoms with Crippen molar-refractivity contribution in [3.8, 4) is 0 Å². The van der Waals surface area contributed by atoms with Gasteiger partial charge in [0.05, 0.1) is 0 Å². The van der Waals surface area contributed by atoms with E-state index in [9.17, 15) is 0 Å². The second kappa shape index (κ2) is 6.76. The molecule has 0 unspecified atom stereocenters. The van der Waals surface area contributed by atoms with Crippen LogP contribution in [0.15, 0.2) is 28.3 Å². The van der Waals surface area contributed by atoms with E-state index in [1.165, 1.54) is 16.0 Å². The van der Waals surface area contributed by atoms with Gasteiger partial charge in [-0.2, -0.15) is 15.0 Å². The number of hydrogen-bond acceptors (Lipinski definition) is 6. The van der Waals surface area contributed by atoms with E-state index in [4.69, 9.17) is 0 Å². The van der Waals surface area contributed by atoms with Crippen LogP contribution in [0.1, 0.15) is 18.1 Å². The Morgan fingerprint density at radius 1 is 1.14 bits per heavy atom. The first-order valence-electron chi connectivity index (χ1n) is 6.92. The third-order valence-electron chi connectivity index (χ3n) is 2.87. The van der Waals surface area contributed by atoms with Crippen LogP contribution in [0, 0.1) is 13.8 Å². The fourth-order valence-corrected chi connectivity index (χ4v) is 2.65. The Balaban J connectivity index is 2.33. The third-order valence-corrected chi connectivity index (χ3v) is 3.91. The second-order valence-electron chi connectivity index (χ2n) is 5.04. The summed E-state index contributed by atoms with van der Waals surface area (Å²) >= 11 is 1.57. The molecule has 21 heavy (non-hydrogen) atoms. The van der Waals surface area contributed by atoms with Crippen LogP contribution in [-0.2, 0) is 0 Å². The molecule has 5 nitrogen and oxygen atoms in total. The van der Waals surface area contributed by atoms with Crippen molar-refractivity contribution in [1.82, 2.24) is 15.0 Å². The quantitative estimate of drug-likeness (QED) is 0.916. The van der Waals surface area contributed by atoms with Crippen LogP contribution in [0.4, 0.5) is 11.9 Å². The number of hydrogen-bond donors (Lipinski definition) is 1. The Labute approximate surface area is 130 Å². The average molecular weight is 303 g/mol. The maximum atomic E-state index is 4.50. The van der Waals surface area contributed by atoms with Crippen molar-refractivity contribution >= 4 is 23.7 Å². The summed E-state index contributed by atoms with van der Waals surface area (Å²) in [6.45, 7) is 7.01. The van der Waals surface area contributed by atoms with Gasteiger partial charge in [-0.25, -0.2) is 0 Å². The molecule has 0 saturated heterocycles. The Kier molecular flexibility index (Phi) is 5.01. The highest BCUT2D eigenvalue weighted by Gasteiger charge is 2.10. The molecular formula is C15H21N5S. The lowest BCUT2D eigenvalue weighted by molar-refractivity contribution is 0.863. The molecule has 0 saturated carbocycles. The molecule has 0 radical (unpaired) electrons. The molecule has 0 amide bonds. The minimum Gasteiger partial charge on any atom is -0.354 e. The fourth-order valence-electron chi connectivity index (χ4n) is 1.84. The minimum atomic E-state index is 0.614. The Morgan fingerprint density at radius 3 is 2.52 bits per heavy atom. The van der Waals surface area contributed by atoms with Crippen LogP contribution < -0.4 is 10.2 Å². The highest BCUT2D eigenvalue weighted by molar-refractivity contribution is 7.99. The largest absolute Gasteiger partial charge is 0.354 e. The highest BCUT2D eigenvalue weighted by Crippen LogP contribution is 2.29. The lowest BCUT2D eigenvalue weighted by Crippen LogP contribution is -2.15. The Hall–Kier alpha value is -1.82. The van der Waals surface area contributed by atoms with Crippen LogP contribution in [0.5, 0.6) is 0 Å².